The van der Waals surface area contributed by atoms with Crippen LogP contribution in [0.3, 0.4) is 0 Å². The number of aliphatic hydroxyl groups is 1. The largest absolute Gasteiger partial charge is 0.392 e. The fourth-order valence-electron chi connectivity index (χ4n) is 1.77. The molecule has 0 unspecified atom stereocenters. The molecule has 2 nitrogen and oxygen atoms in total. The first-order chi connectivity index (χ1) is 5.20. The summed E-state index contributed by atoms with van der Waals surface area (Å²) in [5.74, 6) is 0.800. The molecule has 2 heteroatoms. The third-order valence-electron chi connectivity index (χ3n) is 2.54. The molecule has 2 N–H and O–H groups in total. The van der Waals surface area contributed by atoms with Gasteiger partial charge in [0, 0.05) is 12.6 Å². The lowest BCUT2D eigenvalue weighted by molar-refractivity contribution is 0.183. The van der Waals surface area contributed by atoms with E-state index in [0.29, 0.717) is 6.04 Å². The van der Waals surface area contributed by atoms with Crippen LogP contribution in [0, 0.1) is 5.92 Å². The molecule has 0 aromatic carbocycles. The minimum absolute atomic E-state index is 0.206. The lowest BCUT2D eigenvalue weighted by Crippen LogP contribution is -2.35. The van der Waals surface area contributed by atoms with Gasteiger partial charge in [-0.25, -0.2) is 0 Å². The topological polar surface area (TPSA) is 32.3 Å². The van der Waals surface area contributed by atoms with Crippen LogP contribution in [0.25, 0.3) is 0 Å². The molecule has 1 rings (SSSR count). The SMILES string of the molecule is C[C@H](O)CN[C@H]1CCC[C@@H]1C. The van der Waals surface area contributed by atoms with Gasteiger partial charge in [0.05, 0.1) is 6.10 Å². The van der Waals surface area contributed by atoms with Gasteiger partial charge in [-0.2, -0.15) is 0 Å². The minimum atomic E-state index is -0.206. The van der Waals surface area contributed by atoms with Gasteiger partial charge >= 0.3 is 0 Å². The van der Waals surface area contributed by atoms with Crippen molar-refractivity contribution in [2.24, 2.45) is 5.92 Å². The number of nitrogens with one attached hydrogen (secondary N) is 1. The zero-order valence-corrected chi connectivity index (χ0v) is 7.51. The number of hydrogen-bond acceptors (Lipinski definition) is 2. The Kier molecular flexibility index (Phi) is 3.34. The Bertz CT molecular complexity index is 114. The molecule has 1 aliphatic carbocycles. The zero-order valence-electron chi connectivity index (χ0n) is 7.51. The zero-order chi connectivity index (χ0) is 8.27. The molecule has 0 amide bonds. The van der Waals surface area contributed by atoms with Crippen LogP contribution in [0.4, 0.5) is 0 Å². The lowest BCUT2D eigenvalue weighted by atomic mass is 10.1. The van der Waals surface area contributed by atoms with Gasteiger partial charge in [-0.05, 0) is 25.7 Å². The summed E-state index contributed by atoms with van der Waals surface area (Å²) in [5, 5.41) is 12.4. The van der Waals surface area contributed by atoms with Crippen molar-refractivity contribution in [2.45, 2.75) is 45.3 Å². The molecule has 66 valence electrons. The first kappa shape index (κ1) is 9.01. The molecule has 0 aromatic rings. The Morgan fingerprint density at radius 2 is 2.27 bits per heavy atom. The van der Waals surface area contributed by atoms with Gasteiger partial charge in [-0.3, -0.25) is 0 Å². The normalized spacial score (nSPS) is 34.1. The second-order valence-electron chi connectivity index (χ2n) is 3.77. The highest BCUT2D eigenvalue weighted by Gasteiger charge is 2.22. The maximum atomic E-state index is 9.04. The van der Waals surface area contributed by atoms with Gasteiger partial charge in [-0.1, -0.05) is 13.3 Å². The van der Waals surface area contributed by atoms with Crippen LogP contribution in [0.5, 0.6) is 0 Å². The van der Waals surface area contributed by atoms with Crippen molar-refractivity contribution in [2.75, 3.05) is 6.54 Å². The minimum Gasteiger partial charge on any atom is -0.392 e. The fourth-order valence-corrected chi connectivity index (χ4v) is 1.77. The van der Waals surface area contributed by atoms with Crippen LogP contribution in [0.2, 0.25) is 0 Å². The molecular weight excluding hydrogens is 138 g/mol. The Morgan fingerprint density at radius 3 is 2.73 bits per heavy atom. The summed E-state index contributed by atoms with van der Waals surface area (Å²) in [5.41, 5.74) is 0. The lowest BCUT2D eigenvalue weighted by Gasteiger charge is -2.17. The Balaban J connectivity index is 2.15. The smallest absolute Gasteiger partial charge is 0.0636 e. The van der Waals surface area contributed by atoms with Crippen molar-refractivity contribution < 1.29 is 5.11 Å². The van der Waals surface area contributed by atoms with E-state index in [2.05, 4.69) is 12.2 Å². The van der Waals surface area contributed by atoms with Crippen molar-refractivity contribution in [3.05, 3.63) is 0 Å². The Morgan fingerprint density at radius 1 is 1.55 bits per heavy atom. The van der Waals surface area contributed by atoms with E-state index in [1.807, 2.05) is 6.92 Å². The summed E-state index contributed by atoms with van der Waals surface area (Å²) in [7, 11) is 0. The summed E-state index contributed by atoms with van der Waals surface area (Å²) >= 11 is 0. The fraction of sp³-hybridized carbons (Fsp3) is 1.00. The summed E-state index contributed by atoms with van der Waals surface area (Å²) in [6.45, 7) is 4.86. The highest BCUT2D eigenvalue weighted by atomic mass is 16.3. The van der Waals surface area contributed by atoms with Crippen molar-refractivity contribution in [1.29, 1.82) is 0 Å². The van der Waals surface area contributed by atoms with Crippen molar-refractivity contribution >= 4 is 0 Å². The van der Waals surface area contributed by atoms with Gasteiger partial charge in [-0.15, -0.1) is 0 Å². The van der Waals surface area contributed by atoms with E-state index in [-0.39, 0.29) is 6.10 Å². The molecule has 11 heavy (non-hydrogen) atoms. The number of rotatable bonds is 3. The second-order valence-corrected chi connectivity index (χ2v) is 3.77. The van der Waals surface area contributed by atoms with Crippen LogP contribution < -0.4 is 5.32 Å². The standard InChI is InChI=1S/C9H19NO/c1-7-4-3-5-9(7)10-6-8(2)11/h7-11H,3-6H2,1-2H3/t7-,8-,9-/m0/s1. The highest BCUT2D eigenvalue weighted by Crippen LogP contribution is 2.24. The van der Waals surface area contributed by atoms with E-state index in [9.17, 15) is 0 Å². The van der Waals surface area contributed by atoms with Gasteiger partial charge in [0.2, 0.25) is 0 Å². The van der Waals surface area contributed by atoms with Crippen molar-refractivity contribution in [3.63, 3.8) is 0 Å². The molecule has 0 saturated heterocycles. The van der Waals surface area contributed by atoms with Gasteiger partial charge in [0.25, 0.3) is 0 Å². The molecule has 0 heterocycles. The molecule has 1 fully saturated rings. The molecule has 3 atom stereocenters. The maximum Gasteiger partial charge on any atom is 0.0636 e. The molecule has 0 radical (unpaired) electrons. The Hall–Kier alpha value is -0.0800. The molecule has 0 spiro atoms. The highest BCUT2D eigenvalue weighted by molar-refractivity contribution is 4.80. The molecule has 1 aliphatic rings. The monoisotopic (exact) mass is 157 g/mol. The van der Waals surface area contributed by atoms with Crippen molar-refractivity contribution in [1.82, 2.24) is 5.32 Å². The maximum absolute atomic E-state index is 9.04. The van der Waals surface area contributed by atoms with E-state index in [4.69, 9.17) is 5.11 Å². The average molecular weight is 157 g/mol. The van der Waals surface area contributed by atoms with E-state index in [1.165, 1.54) is 19.3 Å². The predicted molar refractivity (Wildman–Crippen MR) is 46.5 cm³/mol. The predicted octanol–water partition coefficient (Wildman–Crippen LogP) is 1.15. The quantitative estimate of drug-likeness (QED) is 0.644. The summed E-state index contributed by atoms with van der Waals surface area (Å²) < 4.78 is 0. The first-order valence-corrected chi connectivity index (χ1v) is 4.61. The summed E-state index contributed by atoms with van der Waals surface area (Å²) in [4.78, 5) is 0. The van der Waals surface area contributed by atoms with E-state index >= 15 is 0 Å². The van der Waals surface area contributed by atoms with Gasteiger partial charge in [0.15, 0.2) is 0 Å². The third kappa shape index (κ3) is 2.80. The van der Waals surface area contributed by atoms with E-state index < -0.39 is 0 Å². The van der Waals surface area contributed by atoms with E-state index in [0.717, 1.165) is 12.5 Å². The first-order valence-electron chi connectivity index (χ1n) is 4.61. The van der Waals surface area contributed by atoms with Crippen LogP contribution in [-0.2, 0) is 0 Å². The van der Waals surface area contributed by atoms with E-state index in [1.54, 1.807) is 0 Å². The number of hydrogen-bond donors (Lipinski definition) is 2. The van der Waals surface area contributed by atoms with Crippen molar-refractivity contribution in [3.8, 4) is 0 Å². The molecule has 0 aliphatic heterocycles. The summed E-state index contributed by atoms with van der Waals surface area (Å²) in [6.07, 6.45) is 3.77. The average Bonchev–Trinajstić information content (AvgIpc) is 2.31. The van der Waals surface area contributed by atoms with Gasteiger partial charge in [0.1, 0.15) is 0 Å². The second kappa shape index (κ2) is 4.07. The van der Waals surface area contributed by atoms with Gasteiger partial charge < -0.3 is 10.4 Å². The molecule has 0 bridgehead atoms. The molecular formula is C9H19NO. The van der Waals surface area contributed by atoms with Crippen LogP contribution >= 0.6 is 0 Å². The molecule has 1 saturated carbocycles. The third-order valence-corrected chi connectivity index (χ3v) is 2.54. The van der Waals surface area contributed by atoms with Crippen LogP contribution in [0.1, 0.15) is 33.1 Å². The van der Waals surface area contributed by atoms with Crippen LogP contribution in [0.15, 0.2) is 0 Å². The molecule has 0 aromatic heterocycles. The van der Waals surface area contributed by atoms with Crippen LogP contribution in [-0.4, -0.2) is 23.8 Å². The summed E-state index contributed by atoms with van der Waals surface area (Å²) in [6, 6.07) is 0.657. The number of aliphatic hydroxyl groups excluding tert-OH is 1. The Labute approximate surface area is 69.0 Å².